The lowest BCUT2D eigenvalue weighted by atomic mass is 9.64. The molecule has 110 valence electrons. The zero-order valence-corrected chi connectivity index (χ0v) is 13.9. The fourth-order valence-corrected chi connectivity index (χ4v) is 3.23. The van der Waals surface area contributed by atoms with Crippen LogP contribution in [0.2, 0.25) is 0 Å². The number of nitrogens with one attached hydrogen (secondary N) is 1. The van der Waals surface area contributed by atoms with Crippen LogP contribution in [0.1, 0.15) is 44.0 Å². The maximum absolute atomic E-state index is 4.81. The van der Waals surface area contributed by atoms with Gasteiger partial charge in [-0.2, -0.15) is 0 Å². The van der Waals surface area contributed by atoms with Crippen LogP contribution < -0.4 is 5.32 Å². The summed E-state index contributed by atoms with van der Waals surface area (Å²) in [6.07, 6.45) is 6.46. The van der Waals surface area contributed by atoms with Gasteiger partial charge < -0.3 is 5.32 Å². The first kappa shape index (κ1) is 14.5. The molecular weight excluding hydrogens is 326 g/mol. The number of anilines is 1. The number of rotatable bonds is 5. The summed E-state index contributed by atoms with van der Waals surface area (Å²) in [6.45, 7) is 3.08. The second-order valence-corrected chi connectivity index (χ2v) is 6.47. The van der Waals surface area contributed by atoms with Gasteiger partial charge in [0.25, 0.3) is 0 Å². The van der Waals surface area contributed by atoms with Gasteiger partial charge in [0, 0.05) is 12.7 Å². The van der Waals surface area contributed by atoms with Crippen LogP contribution in [0.25, 0.3) is 0 Å². The van der Waals surface area contributed by atoms with E-state index in [0.29, 0.717) is 0 Å². The van der Waals surface area contributed by atoms with Crippen molar-refractivity contribution in [3.63, 3.8) is 0 Å². The Balaban J connectivity index is 1.98. The zero-order chi connectivity index (χ0) is 14.7. The molecule has 1 aromatic heterocycles. The first-order valence-electron chi connectivity index (χ1n) is 7.59. The summed E-state index contributed by atoms with van der Waals surface area (Å²) in [5.74, 6) is 1.85. The molecule has 1 heterocycles. The average molecular weight is 346 g/mol. The van der Waals surface area contributed by atoms with Crippen molar-refractivity contribution in [1.82, 2.24) is 9.97 Å². The van der Waals surface area contributed by atoms with E-state index in [1.165, 1.54) is 12.0 Å². The molecule has 1 aliphatic rings. The zero-order valence-electron chi connectivity index (χ0n) is 12.3. The van der Waals surface area contributed by atoms with E-state index in [9.17, 15) is 0 Å². The Labute approximate surface area is 134 Å². The van der Waals surface area contributed by atoms with Crippen molar-refractivity contribution in [1.29, 1.82) is 0 Å². The highest BCUT2D eigenvalue weighted by Crippen LogP contribution is 2.47. The lowest BCUT2D eigenvalue weighted by Crippen LogP contribution is -2.37. The summed E-state index contributed by atoms with van der Waals surface area (Å²) >= 11 is 3.54. The number of aromatic nitrogens is 2. The molecule has 0 bridgehead atoms. The van der Waals surface area contributed by atoms with E-state index in [2.05, 4.69) is 63.5 Å². The molecule has 0 radical (unpaired) electrons. The molecule has 0 aliphatic heterocycles. The normalized spacial score (nSPS) is 16.3. The number of nitrogens with zero attached hydrogens (tertiary/aromatic N) is 2. The molecule has 1 saturated carbocycles. The Kier molecular flexibility index (Phi) is 4.24. The molecule has 0 spiro atoms. The topological polar surface area (TPSA) is 37.8 Å². The van der Waals surface area contributed by atoms with Crippen molar-refractivity contribution in [2.45, 2.75) is 38.0 Å². The smallest absolute Gasteiger partial charge is 0.144 e. The summed E-state index contributed by atoms with van der Waals surface area (Å²) in [5.41, 5.74) is 1.34. The summed E-state index contributed by atoms with van der Waals surface area (Å²) in [6, 6.07) is 10.7. The summed E-state index contributed by atoms with van der Waals surface area (Å²) in [7, 11) is 0. The molecule has 3 rings (SSSR count). The number of hydrogen-bond acceptors (Lipinski definition) is 3. The van der Waals surface area contributed by atoms with Crippen molar-refractivity contribution in [3.05, 3.63) is 52.4 Å². The second-order valence-electron chi connectivity index (χ2n) is 5.62. The van der Waals surface area contributed by atoms with E-state index < -0.39 is 0 Å². The van der Waals surface area contributed by atoms with E-state index >= 15 is 0 Å². The van der Waals surface area contributed by atoms with Gasteiger partial charge in [-0.05, 0) is 40.8 Å². The predicted molar refractivity (Wildman–Crippen MR) is 89.6 cm³/mol. The Bertz CT molecular complexity index is 609. The minimum absolute atomic E-state index is 0.00457. The number of benzene rings is 1. The van der Waals surface area contributed by atoms with E-state index in [4.69, 9.17) is 4.98 Å². The van der Waals surface area contributed by atoms with Crippen LogP contribution >= 0.6 is 15.9 Å². The summed E-state index contributed by atoms with van der Waals surface area (Å²) in [4.78, 5) is 9.43. The third-order valence-corrected chi connectivity index (χ3v) is 4.83. The largest absolute Gasteiger partial charge is 0.369 e. The van der Waals surface area contributed by atoms with Crippen LogP contribution in [-0.2, 0) is 5.41 Å². The molecule has 3 nitrogen and oxygen atoms in total. The second kappa shape index (κ2) is 6.14. The molecule has 21 heavy (non-hydrogen) atoms. The van der Waals surface area contributed by atoms with Crippen LogP contribution in [0.4, 0.5) is 5.82 Å². The SMILES string of the molecule is CCCNc1nc(C2(c3ccccc3)CCC2)ncc1Br. The molecule has 1 N–H and O–H groups in total. The third-order valence-electron chi connectivity index (χ3n) is 4.25. The highest BCUT2D eigenvalue weighted by atomic mass is 79.9. The van der Waals surface area contributed by atoms with E-state index in [1.807, 2.05) is 6.20 Å². The molecule has 1 aliphatic carbocycles. The monoisotopic (exact) mass is 345 g/mol. The van der Waals surface area contributed by atoms with Crippen LogP contribution in [-0.4, -0.2) is 16.5 Å². The molecule has 4 heteroatoms. The van der Waals surface area contributed by atoms with E-state index in [-0.39, 0.29) is 5.41 Å². The average Bonchev–Trinajstić information content (AvgIpc) is 2.47. The Morgan fingerprint density at radius 1 is 1.24 bits per heavy atom. The standard InChI is InChI=1S/C17H20BrN3/c1-2-11-19-15-14(18)12-20-16(21-15)17(9-6-10-17)13-7-4-3-5-8-13/h3-5,7-8,12H,2,6,9-11H2,1H3,(H,19,20,21). The minimum Gasteiger partial charge on any atom is -0.369 e. The molecule has 0 amide bonds. The fraction of sp³-hybridized carbons (Fsp3) is 0.412. The van der Waals surface area contributed by atoms with Gasteiger partial charge >= 0.3 is 0 Å². The lowest BCUT2D eigenvalue weighted by molar-refractivity contribution is 0.285. The highest BCUT2D eigenvalue weighted by Gasteiger charge is 2.43. The van der Waals surface area contributed by atoms with Gasteiger partial charge in [0.1, 0.15) is 11.6 Å². The van der Waals surface area contributed by atoms with Crippen molar-refractivity contribution >= 4 is 21.7 Å². The minimum atomic E-state index is 0.00457. The van der Waals surface area contributed by atoms with E-state index in [0.717, 1.165) is 41.9 Å². The highest BCUT2D eigenvalue weighted by molar-refractivity contribution is 9.10. The maximum atomic E-state index is 4.81. The quantitative estimate of drug-likeness (QED) is 0.864. The third kappa shape index (κ3) is 2.69. The molecule has 1 fully saturated rings. The molecule has 0 saturated heterocycles. The molecule has 0 atom stereocenters. The van der Waals surface area contributed by atoms with Crippen molar-refractivity contribution < 1.29 is 0 Å². The van der Waals surface area contributed by atoms with Crippen LogP contribution in [0, 0.1) is 0 Å². The number of hydrogen-bond donors (Lipinski definition) is 1. The van der Waals surface area contributed by atoms with Gasteiger partial charge in [0.2, 0.25) is 0 Å². The van der Waals surface area contributed by atoms with Gasteiger partial charge in [0.15, 0.2) is 0 Å². The first-order valence-corrected chi connectivity index (χ1v) is 8.38. The molecular formula is C17H20BrN3. The van der Waals surface area contributed by atoms with E-state index in [1.54, 1.807) is 0 Å². The fourth-order valence-electron chi connectivity index (χ4n) is 2.89. The predicted octanol–water partition coefficient (Wildman–Crippen LogP) is 4.53. The van der Waals surface area contributed by atoms with Crippen molar-refractivity contribution in [3.8, 4) is 0 Å². The van der Waals surface area contributed by atoms with Crippen molar-refractivity contribution in [2.75, 3.05) is 11.9 Å². The van der Waals surface area contributed by atoms with Gasteiger partial charge in [-0.1, -0.05) is 43.7 Å². The first-order chi connectivity index (χ1) is 10.3. The van der Waals surface area contributed by atoms with Crippen LogP contribution in [0.3, 0.4) is 0 Å². The van der Waals surface area contributed by atoms with Crippen LogP contribution in [0.5, 0.6) is 0 Å². The van der Waals surface area contributed by atoms with Gasteiger partial charge in [-0.15, -0.1) is 0 Å². The van der Waals surface area contributed by atoms with Gasteiger partial charge in [-0.25, -0.2) is 9.97 Å². The molecule has 2 aromatic rings. The maximum Gasteiger partial charge on any atom is 0.144 e. The molecule has 1 aromatic carbocycles. The summed E-state index contributed by atoms with van der Waals surface area (Å²) < 4.78 is 0.933. The number of halogens is 1. The van der Waals surface area contributed by atoms with Crippen molar-refractivity contribution in [2.24, 2.45) is 0 Å². The Morgan fingerprint density at radius 2 is 2.00 bits per heavy atom. The summed E-state index contributed by atoms with van der Waals surface area (Å²) in [5, 5.41) is 3.38. The van der Waals surface area contributed by atoms with Crippen LogP contribution in [0.15, 0.2) is 41.0 Å². The molecule has 0 unspecified atom stereocenters. The Hall–Kier alpha value is -1.42. The lowest BCUT2D eigenvalue weighted by Gasteiger charge is -2.41. The van der Waals surface area contributed by atoms with Gasteiger partial charge in [0.05, 0.1) is 9.89 Å². The Morgan fingerprint density at radius 3 is 2.62 bits per heavy atom. The van der Waals surface area contributed by atoms with Gasteiger partial charge in [-0.3, -0.25) is 0 Å².